The van der Waals surface area contributed by atoms with Crippen LogP contribution in [0.2, 0.25) is 18.1 Å². The van der Waals surface area contributed by atoms with Crippen LogP contribution >= 0.6 is 0 Å². The molecule has 13 heteroatoms. The number of cyclic esters (lactones) is 3. The molecule has 3 aliphatic rings. The van der Waals surface area contributed by atoms with Crippen LogP contribution in [0, 0.1) is 0 Å². The number of hydrogen-bond acceptors (Lipinski definition) is 11. The highest BCUT2D eigenvalue weighted by molar-refractivity contribution is 6.74. The average Bonchev–Trinajstić information content (AvgIpc) is 3.16. The van der Waals surface area contributed by atoms with Gasteiger partial charge in [-0.05, 0) is 60.4 Å². The van der Waals surface area contributed by atoms with Crippen LogP contribution in [0.5, 0.6) is 0 Å². The van der Waals surface area contributed by atoms with E-state index >= 15 is 0 Å². The summed E-state index contributed by atoms with van der Waals surface area (Å²) in [5.41, 5.74) is 3.88. The minimum atomic E-state index is -1.87. The number of benzene rings is 4. The van der Waals surface area contributed by atoms with E-state index in [1.807, 2.05) is 18.2 Å². The number of aliphatic hydroxyl groups is 1. The number of ether oxygens (including phenoxy) is 3. The van der Waals surface area contributed by atoms with Gasteiger partial charge < -0.3 is 28.8 Å². The van der Waals surface area contributed by atoms with E-state index in [0.717, 1.165) is 5.56 Å². The maximum absolute atomic E-state index is 11.7. The largest absolute Gasteiger partial charge is 0.478 e. The van der Waals surface area contributed by atoms with E-state index in [2.05, 4.69) is 38.6 Å². The molecule has 12 nitrogen and oxygen atoms in total. The Bertz CT molecular complexity index is 1980. The van der Waals surface area contributed by atoms with Crippen LogP contribution in [0.3, 0.4) is 0 Å². The van der Waals surface area contributed by atoms with Gasteiger partial charge in [-0.3, -0.25) is 9.59 Å². The summed E-state index contributed by atoms with van der Waals surface area (Å²) in [7, 11) is -1.87. The van der Waals surface area contributed by atoms with Gasteiger partial charge >= 0.3 is 23.9 Å². The zero-order valence-corrected chi connectivity index (χ0v) is 32.5. The van der Waals surface area contributed by atoms with Gasteiger partial charge in [-0.1, -0.05) is 101 Å². The number of ketones is 2. The zero-order chi connectivity index (χ0) is 40.5. The number of carboxylic acids is 1. The topological polar surface area (TPSA) is 180 Å². The van der Waals surface area contributed by atoms with Crippen molar-refractivity contribution in [1.29, 1.82) is 0 Å². The number of hydrogen-bond donors (Lipinski definition) is 2. The van der Waals surface area contributed by atoms with Crippen LogP contribution in [0.1, 0.15) is 121 Å². The predicted molar refractivity (Wildman–Crippen MR) is 211 cm³/mol. The zero-order valence-electron chi connectivity index (χ0n) is 31.5. The first-order chi connectivity index (χ1) is 25.9. The van der Waals surface area contributed by atoms with Gasteiger partial charge in [-0.25, -0.2) is 19.2 Å². The number of aromatic carboxylic acids is 1. The molecule has 2 atom stereocenters. The fourth-order valence-corrected chi connectivity index (χ4v) is 6.64. The Morgan fingerprint density at radius 1 is 0.661 bits per heavy atom. The summed E-state index contributed by atoms with van der Waals surface area (Å²) in [5.74, 6) is -2.44. The van der Waals surface area contributed by atoms with Crippen molar-refractivity contribution in [3.63, 3.8) is 0 Å². The molecule has 2 N–H and O–H groups in total. The molecule has 296 valence electrons. The van der Waals surface area contributed by atoms with Crippen LogP contribution < -0.4 is 0 Å². The molecule has 0 spiro atoms. The highest BCUT2D eigenvalue weighted by Crippen LogP contribution is 2.41. The van der Waals surface area contributed by atoms with Crippen LogP contribution in [0.4, 0.5) is 0 Å². The van der Waals surface area contributed by atoms with E-state index in [4.69, 9.17) is 19.0 Å². The van der Waals surface area contributed by atoms with Gasteiger partial charge in [0.1, 0.15) is 25.4 Å². The van der Waals surface area contributed by atoms with Crippen LogP contribution in [0.25, 0.3) is 0 Å². The van der Waals surface area contributed by atoms with Crippen molar-refractivity contribution in [2.75, 3.05) is 19.8 Å². The molecule has 0 bridgehead atoms. The average molecular weight is 785 g/mol. The van der Waals surface area contributed by atoms with E-state index in [1.165, 1.54) is 19.1 Å². The Morgan fingerprint density at radius 2 is 1.11 bits per heavy atom. The highest BCUT2D eigenvalue weighted by Gasteiger charge is 2.41. The lowest BCUT2D eigenvalue weighted by Crippen LogP contribution is -2.43. The van der Waals surface area contributed by atoms with Gasteiger partial charge in [0, 0.05) is 11.1 Å². The minimum absolute atomic E-state index is 0. The first-order valence-corrected chi connectivity index (χ1v) is 20.3. The van der Waals surface area contributed by atoms with Crippen LogP contribution in [0.15, 0.2) is 97.1 Å². The van der Waals surface area contributed by atoms with Gasteiger partial charge in [-0.15, -0.1) is 0 Å². The number of carbonyl (C=O) groups excluding carboxylic acids is 5. The third-order valence-electron chi connectivity index (χ3n) is 9.37. The second kappa shape index (κ2) is 19.2. The van der Waals surface area contributed by atoms with E-state index in [0.29, 0.717) is 34.4 Å². The molecule has 0 radical (unpaired) electrons. The standard InChI is InChI=1S/C15H22O3Si.C9H8O3.C9H6O3.C9H8O3.CH4/c1-15(2,3)19(4,5)18-13-10-17-14(16)12-9-7-6-8-11(12)13;2*10-8-5-12-9(11)7-4-2-1-3-6(7)8;1-6(10)7-4-2-3-5-8(7)9(11)12;/h6-9,13H,10H2,1-5H3;1-4,8,10H,5H2;1-4H,5H2;2-5H,1H3,(H,11,12);1H4. The minimum Gasteiger partial charge on any atom is -0.478 e. The van der Waals surface area contributed by atoms with Crippen molar-refractivity contribution in [2.24, 2.45) is 0 Å². The lowest BCUT2D eigenvalue weighted by molar-refractivity contribution is 0.0167. The summed E-state index contributed by atoms with van der Waals surface area (Å²) in [5, 5.41) is 18.2. The molecule has 56 heavy (non-hydrogen) atoms. The molecule has 3 aliphatic heterocycles. The number of fused-ring (bicyclic) bond motifs is 3. The maximum atomic E-state index is 11.7. The quantitative estimate of drug-likeness (QED) is 0.0881. The van der Waals surface area contributed by atoms with E-state index in [1.54, 1.807) is 66.7 Å². The normalized spacial score (nSPS) is 16.6. The summed E-state index contributed by atoms with van der Waals surface area (Å²) in [4.78, 5) is 66.5. The van der Waals surface area contributed by atoms with Crippen molar-refractivity contribution < 1.29 is 57.6 Å². The number of carboxylic acid groups (broad SMARTS) is 1. The first kappa shape index (κ1) is 44.6. The number of Topliss-reactive ketones (excluding diaryl/α,β-unsaturated/α-hetero) is 2. The fraction of sp³-hybridized carbons (Fsp3) is 0.302. The Hall–Kier alpha value is -5.76. The fourth-order valence-electron chi connectivity index (χ4n) is 5.38. The van der Waals surface area contributed by atoms with Crippen molar-refractivity contribution >= 4 is 43.8 Å². The molecule has 4 aromatic rings. The first-order valence-electron chi connectivity index (χ1n) is 17.4. The third kappa shape index (κ3) is 10.9. The molecule has 4 aromatic carbocycles. The third-order valence-corrected chi connectivity index (χ3v) is 13.9. The summed E-state index contributed by atoms with van der Waals surface area (Å²) >= 11 is 0. The lowest BCUT2D eigenvalue weighted by atomic mass is 10.0. The molecule has 2 unspecified atom stereocenters. The molecule has 3 heterocycles. The summed E-state index contributed by atoms with van der Waals surface area (Å²) in [6.07, 6.45) is -0.798. The second-order valence-electron chi connectivity index (χ2n) is 14.2. The van der Waals surface area contributed by atoms with E-state index in [-0.39, 0.29) is 66.4 Å². The summed E-state index contributed by atoms with van der Waals surface area (Å²) in [6, 6.07) is 27.3. The second-order valence-corrected chi connectivity index (χ2v) is 19.0. The van der Waals surface area contributed by atoms with E-state index in [9.17, 15) is 33.9 Å². The molecular formula is C43H48O12Si. The summed E-state index contributed by atoms with van der Waals surface area (Å²) in [6.45, 7) is 12.7. The number of rotatable bonds is 4. The van der Waals surface area contributed by atoms with Gasteiger partial charge in [0.05, 0.1) is 22.3 Å². The van der Waals surface area contributed by atoms with Gasteiger partial charge in [0.15, 0.2) is 20.7 Å². The molecular weight excluding hydrogens is 737 g/mol. The molecule has 0 aliphatic carbocycles. The van der Waals surface area contributed by atoms with Gasteiger partial charge in [0.2, 0.25) is 5.78 Å². The lowest BCUT2D eigenvalue weighted by Gasteiger charge is -2.40. The van der Waals surface area contributed by atoms with E-state index < -0.39 is 26.4 Å². The van der Waals surface area contributed by atoms with Crippen LogP contribution in [-0.2, 0) is 18.6 Å². The Morgan fingerprint density at radius 3 is 1.61 bits per heavy atom. The van der Waals surface area contributed by atoms with Crippen molar-refractivity contribution in [3.8, 4) is 0 Å². The van der Waals surface area contributed by atoms with Crippen LogP contribution in [-0.4, -0.2) is 73.8 Å². The molecule has 0 saturated carbocycles. The Kier molecular flexibility index (Phi) is 15.3. The monoisotopic (exact) mass is 784 g/mol. The van der Waals surface area contributed by atoms with Gasteiger partial charge in [0.25, 0.3) is 0 Å². The van der Waals surface area contributed by atoms with Crippen molar-refractivity contribution in [1.82, 2.24) is 0 Å². The van der Waals surface area contributed by atoms with Gasteiger partial charge in [-0.2, -0.15) is 0 Å². The molecule has 0 aromatic heterocycles. The Labute approximate surface area is 327 Å². The Balaban J connectivity index is 0.000000204. The summed E-state index contributed by atoms with van der Waals surface area (Å²) < 4.78 is 21.0. The molecule has 0 amide bonds. The number of aliphatic hydroxyl groups excluding tert-OH is 1. The highest BCUT2D eigenvalue weighted by atomic mass is 28.4. The number of esters is 3. The molecule has 0 fully saturated rings. The molecule has 0 saturated heterocycles. The smallest absolute Gasteiger partial charge is 0.339 e. The number of carbonyl (C=O) groups is 6. The van der Waals surface area contributed by atoms with Crippen molar-refractivity contribution in [2.45, 2.75) is 65.5 Å². The molecule has 7 rings (SSSR count). The SMILES string of the molecule is C.CC(=O)c1ccccc1C(=O)O.CC(C)(C)[Si](C)(C)OC1COC(=O)c2ccccc21.O=C1COC(=O)c2ccccc21.O=C1OCC(O)c2ccccc21. The predicted octanol–water partition coefficient (Wildman–Crippen LogP) is 8.07. The van der Waals surface area contributed by atoms with Crippen molar-refractivity contribution in [3.05, 3.63) is 142 Å². The maximum Gasteiger partial charge on any atom is 0.339 e.